The maximum Gasteiger partial charge on any atom is 0.137 e. The Kier molecular flexibility index (Phi) is 3.81. The Hall–Kier alpha value is -1.62. The zero-order chi connectivity index (χ0) is 13.1. The summed E-state index contributed by atoms with van der Waals surface area (Å²) in [5.41, 5.74) is 2.66. The molecule has 0 aliphatic carbocycles. The summed E-state index contributed by atoms with van der Waals surface area (Å²) in [4.78, 5) is 0. The third kappa shape index (κ3) is 2.18. The number of rotatable bonds is 5. The number of aromatic nitrogens is 4. The number of aliphatic hydroxyl groups is 1. The molecule has 0 fully saturated rings. The van der Waals surface area contributed by atoms with Crippen molar-refractivity contribution < 1.29 is 5.11 Å². The summed E-state index contributed by atoms with van der Waals surface area (Å²) in [5, 5.41) is 19.1. The van der Waals surface area contributed by atoms with Crippen LogP contribution in [-0.2, 0) is 19.5 Å². The lowest BCUT2D eigenvalue weighted by atomic mass is 10.1. The molecular formula is C13H20N4O. The molecule has 0 saturated heterocycles. The van der Waals surface area contributed by atoms with E-state index in [1.54, 1.807) is 6.20 Å². The molecule has 98 valence electrons. The number of aryl methyl sites for hydroxylation is 3. The Bertz CT molecular complexity index is 515. The summed E-state index contributed by atoms with van der Waals surface area (Å²) in [6.45, 7) is 7.61. The summed E-state index contributed by atoms with van der Waals surface area (Å²) in [6.07, 6.45) is 1.93. The van der Waals surface area contributed by atoms with Crippen LogP contribution in [0.15, 0.2) is 18.3 Å². The third-order valence-corrected chi connectivity index (χ3v) is 3.13. The molecule has 5 heteroatoms. The fraction of sp³-hybridized carbons (Fsp3) is 0.538. The van der Waals surface area contributed by atoms with Crippen LogP contribution in [0.1, 0.15) is 44.0 Å². The molecule has 0 bridgehead atoms. The summed E-state index contributed by atoms with van der Waals surface area (Å²) in [5.74, 6) is 0. The van der Waals surface area contributed by atoms with Crippen LogP contribution in [-0.4, -0.2) is 24.7 Å². The lowest BCUT2D eigenvalue weighted by Gasteiger charge is -2.13. The van der Waals surface area contributed by atoms with Gasteiger partial charge in [-0.25, -0.2) is 0 Å². The first-order chi connectivity index (χ1) is 8.71. The summed E-state index contributed by atoms with van der Waals surface area (Å²) < 4.78 is 3.67. The Morgan fingerprint density at radius 3 is 2.50 bits per heavy atom. The van der Waals surface area contributed by atoms with Gasteiger partial charge in [-0.2, -0.15) is 10.2 Å². The van der Waals surface area contributed by atoms with E-state index < -0.39 is 6.10 Å². The largest absolute Gasteiger partial charge is 0.380 e. The second-order valence-electron chi connectivity index (χ2n) is 4.20. The smallest absolute Gasteiger partial charge is 0.137 e. The highest BCUT2D eigenvalue weighted by Gasteiger charge is 2.19. The average molecular weight is 248 g/mol. The first kappa shape index (κ1) is 12.8. The fourth-order valence-electron chi connectivity index (χ4n) is 2.12. The van der Waals surface area contributed by atoms with Gasteiger partial charge in [-0.05, 0) is 32.4 Å². The second-order valence-corrected chi connectivity index (χ2v) is 4.20. The van der Waals surface area contributed by atoms with E-state index in [4.69, 9.17) is 0 Å². The molecule has 2 heterocycles. The van der Waals surface area contributed by atoms with E-state index in [1.165, 1.54) is 0 Å². The molecule has 18 heavy (non-hydrogen) atoms. The quantitative estimate of drug-likeness (QED) is 0.877. The highest BCUT2D eigenvalue weighted by Crippen LogP contribution is 2.22. The summed E-state index contributed by atoms with van der Waals surface area (Å²) >= 11 is 0. The first-order valence-corrected chi connectivity index (χ1v) is 6.47. The molecule has 1 atom stereocenters. The van der Waals surface area contributed by atoms with Gasteiger partial charge in [-0.1, -0.05) is 6.92 Å². The van der Waals surface area contributed by atoms with E-state index in [9.17, 15) is 5.11 Å². The number of hydrogen-bond donors (Lipinski definition) is 1. The lowest BCUT2D eigenvalue weighted by molar-refractivity contribution is 0.196. The van der Waals surface area contributed by atoms with Crippen LogP contribution in [0.25, 0.3) is 0 Å². The van der Waals surface area contributed by atoms with E-state index in [2.05, 4.69) is 17.1 Å². The fourth-order valence-corrected chi connectivity index (χ4v) is 2.12. The minimum Gasteiger partial charge on any atom is -0.380 e. The molecule has 5 nitrogen and oxygen atoms in total. The highest BCUT2D eigenvalue weighted by molar-refractivity contribution is 5.22. The van der Waals surface area contributed by atoms with Crippen molar-refractivity contribution in [3.8, 4) is 0 Å². The Labute approximate surface area is 107 Å². The van der Waals surface area contributed by atoms with Gasteiger partial charge in [0.1, 0.15) is 6.10 Å². The van der Waals surface area contributed by atoms with E-state index in [0.717, 1.165) is 36.6 Å². The minimum atomic E-state index is -0.666. The van der Waals surface area contributed by atoms with Gasteiger partial charge in [0.2, 0.25) is 0 Å². The van der Waals surface area contributed by atoms with Gasteiger partial charge < -0.3 is 5.11 Å². The van der Waals surface area contributed by atoms with Crippen LogP contribution in [0.2, 0.25) is 0 Å². The van der Waals surface area contributed by atoms with Gasteiger partial charge >= 0.3 is 0 Å². The van der Waals surface area contributed by atoms with Gasteiger partial charge in [0, 0.05) is 19.3 Å². The summed E-state index contributed by atoms with van der Waals surface area (Å²) in [6, 6.07) is 3.83. The average Bonchev–Trinajstić information content (AvgIpc) is 3.03. The van der Waals surface area contributed by atoms with Gasteiger partial charge in [-0.15, -0.1) is 0 Å². The van der Waals surface area contributed by atoms with Gasteiger partial charge in [0.25, 0.3) is 0 Å². The van der Waals surface area contributed by atoms with Crippen molar-refractivity contribution in [1.29, 1.82) is 0 Å². The minimum absolute atomic E-state index is 0.666. The molecule has 0 saturated carbocycles. The van der Waals surface area contributed by atoms with Gasteiger partial charge in [0.05, 0.1) is 17.1 Å². The van der Waals surface area contributed by atoms with E-state index >= 15 is 0 Å². The first-order valence-electron chi connectivity index (χ1n) is 6.47. The molecule has 0 radical (unpaired) electrons. The van der Waals surface area contributed by atoms with Crippen LogP contribution in [0.5, 0.6) is 0 Å². The van der Waals surface area contributed by atoms with Crippen molar-refractivity contribution in [3.63, 3.8) is 0 Å². The summed E-state index contributed by atoms with van der Waals surface area (Å²) in [7, 11) is 0. The maximum absolute atomic E-state index is 10.5. The standard InChI is InChI=1S/C13H20N4O/c1-4-10-9-12(17(6-3)15-10)13(18)11-7-8-14-16(11)5-2/h7-9,13,18H,4-6H2,1-3H3. The van der Waals surface area contributed by atoms with Crippen molar-refractivity contribution in [2.24, 2.45) is 0 Å². The maximum atomic E-state index is 10.5. The molecule has 0 spiro atoms. The van der Waals surface area contributed by atoms with Crippen LogP contribution in [0.4, 0.5) is 0 Å². The van der Waals surface area contributed by atoms with Crippen molar-refractivity contribution in [3.05, 3.63) is 35.4 Å². The number of hydrogen-bond acceptors (Lipinski definition) is 3. The normalized spacial score (nSPS) is 12.9. The number of aliphatic hydroxyl groups excluding tert-OH is 1. The SMILES string of the molecule is CCc1cc(C(O)c2ccnn2CC)n(CC)n1. The monoisotopic (exact) mass is 248 g/mol. The molecular weight excluding hydrogens is 228 g/mol. The highest BCUT2D eigenvalue weighted by atomic mass is 16.3. The zero-order valence-corrected chi connectivity index (χ0v) is 11.2. The predicted octanol–water partition coefficient (Wildman–Crippen LogP) is 1.76. The zero-order valence-electron chi connectivity index (χ0n) is 11.2. The van der Waals surface area contributed by atoms with Crippen molar-refractivity contribution in [2.75, 3.05) is 0 Å². The molecule has 1 N–H and O–H groups in total. The molecule has 2 aromatic rings. The Balaban J connectivity index is 2.38. The molecule has 0 aliphatic heterocycles. The van der Waals surface area contributed by atoms with Crippen LogP contribution in [0.3, 0.4) is 0 Å². The van der Waals surface area contributed by atoms with Gasteiger partial charge in [-0.3, -0.25) is 9.36 Å². The molecule has 0 aliphatic rings. The Morgan fingerprint density at radius 2 is 1.89 bits per heavy atom. The lowest BCUT2D eigenvalue weighted by Crippen LogP contribution is -2.13. The van der Waals surface area contributed by atoms with E-state index in [1.807, 2.05) is 35.3 Å². The van der Waals surface area contributed by atoms with Crippen molar-refractivity contribution in [1.82, 2.24) is 19.6 Å². The second kappa shape index (κ2) is 5.35. The number of nitrogens with zero attached hydrogens (tertiary/aromatic N) is 4. The Morgan fingerprint density at radius 1 is 1.17 bits per heavy atom. The molecule has 2 rings (SSSR count). The van der Waals surface area contributed by atoms with E-state index in [0.29, 0.717) is 0 Å². The van der Waals surface area contributed by atoms with Crippen LogP contribution in [0, 0.1) is 0 Å². The predicted molar refractivity (Wildman–Crippen MR) is 69.2 cm³/mol. The third-order valence-electron chi connectivity index (χ3n) is 3.13. The molecule has 1 unspecified atom stereocenters. The van der Waals surface area contributed by atoms with Crippen molar-refractivity contribution in [2.45, 2.75) is 46.4 Å². The van der Waals surface area contributed by atoms with E-state index in [-0.39, 0.29) is 0 Å². The molecule has 0 aromatic carbocycles. The molecule has 2 aromatic heterocycles. The van der Waals surface area contributed by atoms with Crippen LogP contribution < -0.4 is 0 Å². The van der Waals surface area contributed by atoms with Crippen molar-refractivity contribution >= 4 is 0 Å². The topological polar surface area (TPSA) is 55.9 Å². The van der Waals surface area contributed by atoms with Gasteiger partial charge in [0.15, 0.2) is 0 Å². The molecule has 0 amide bonds. The van der Waals surface area contributed by atoms with Crippen LogP contribution >= 0.6 is 0 Å².